The zero-order valence-corrected chi connectivity index (χ0v) is 19.7. The molecule has 5 nitrogen and oxygen atoms in total. The van der Waals surface area contributed by atoms with Gasteiger partial charge in [-0.05, 0) is 61.7 Å². The van der Waals surface area contributed by atoms with Crippen molar-refractivity contribution in [2.75, 3.05) is 50.7 Å². The molecule has 2 aliphatic rings. The summed E-state index contributed by atoms with van der Waals surface area (Å²) in [6.07, 6.45) is 5.01. The fraction of sp³-hybridized carbons (Fsp3) is 0.393. The largest absolute Gasteiger partial charge is 0.369 e. The molecule has 0 aliphatic carbocycles. The lowest BCUT2D eigenvalue weighted by Crippen LogP contribution is -2.47. The van der Waals surface area contributed by atoms with Crippen molar-refractivity contribution in [3.63, 3.8) is 0 Å². The molecule has 6 heteroatoms. The Balaban J connectivity index is 1.12. The highest BCUT2D eigenvalue weighted by Gasteiger charge is 2.25. The first-order valence-electron chi connectivity index (χ1n) is 12.4. The molecule has 1 fully saturated rings. The van der Waals surface area contributed by atoms with E-state index in [1.54, 1.807) is 0 Å². The maximum atomic E-state index is 13.3. The summed E-state index contributed by atoms with van der Waals surface area (Å²) in [7, 11) is 0. The highest BCUT2D eigenvalue weighted by Crippen LogP contribution is 2.22. The van der Waals surface area contributed by atoms with Gasteiger partial charge < -0.3 is 14.4 Å². The fourth-order valence-electron chi connectivity index (χ4n) is 5.20. The summed E-state index contributed by atoms with van der Waals surface area (Å²) in [4.78, 5) is 20.1. The first-order chi connectivity index (χ1) is 16.7. The van der Waals surface area contributed by atoms with Crippen LogP contribution in [0.25, 0.3) is 0 Å². The average molecular weight is 461 g/mol. The molecule has 3 aromatic rings. The number of halogens is 1. The molecule has 1 aromatic heterocycles. The predicted octanol–water partition coefficient (Wildman–Crippen LogP) is 4.28. The molecule has 1 saturated heterocycles. The zero-order chi connectivity index (χ0) is 23.3. The third kappa shape index (κ3) is 5.17. The Bertz CT molecular complexity index is 1090. The molecule has 1 amide bonds. The number of piperazine rings is 1. The Morgan fingerprint density at radius 3 is 2.35 bits per heavy atom. The number of aromatic nitrogens is 1. The number of hydrogen-bond donors (Lipinski definition) is 0. The van der Waals surface area contributed by atoms with Crippen molar-refractivity contribution >= 4 is 11.6 Å². The minimum absolute atomic E-state index is 0.181. The highest BCUT2D eigenvalue weighted by atomic mass is 19.1. The standard InChI is InChI=1S/C28H33FN4O/c29-24-9-11-25(12-10-24)31-20-18-30(19-21-31)14-5-16-32-15-4-8-27-26(28(32)34)13-17-33(27)22-23-6-2-1-3-7-23/h1-3,6-7,9-13,17H,4-5,8,14-16,18-22H2. The van der Waals surface area contributed by atoms with E-state index in [1.807, 2.05) is 29.2 Å². The summed E-state index contributed by atoms with van der Waals surface area (Å²) in [5.41, 5.74) is 4.40. The minimum Gasteiger partial charge on any atom is -0.369 e. The van der Waals surface area contributed by atoms with Crippen LogP contribution >= 0.6 is 0 Å². The Morgan fingerprint density at radius 2 is 1.59 bits per heavy atom. The second-order valence-electron chi connectivity index (χ2n) is 9.34. The van der Waals surface area contributed by atoms with Gasteiger partial charge in [0.1, 0.15) is 5.82 Å². The van der Waals surface area contributed by atoms with Crippen LogP contribution in [0.2, 0.25) is 0 Å². The van der Waals surface area contributed by atoms with Crippen LogP contribution in [0.3, 0.4) is 0 Å². The van der Waals surface area contributed by atoms with Gasteiger partial charge in [-0.15, -0.1) is 0 Å². The van der Waals surface area contributed by atoms with E-state index in [-0.39, 0.29) is 11.7 Å². The molecular formula is C28H33FN4O. The number of carbonyl (C=O) groups is 1. The summed E-state index contributed by atoms with van der Waals surface area (Å²) in [6.45, 7) is 7.35. The van der Waals surface area contributed by atoms with Crippen LogP contribution in [0, 0.1) is 5.82 Å². The predicted molar refractivity (Wildman–Crippen MR) is 134 cm³/mol. The van der Waals surface area contributed by atoms with Crippen LogP contribution < -0.4 is 4.90 Å². The van der Waals surface area contributed by atoms with Crippen molar-refractivity contribution in [1.29, 1.82) is 0 Å². The number of nitrogens with zero attached hydrogens (tertiary/aromatic N) is 4. The average Bonchev–Trinajstić information content (AvgIpc) is 3.19. The van der Waals surface area contributed by atoms with Crippen LogP contribution in [0.1, 0.15) is 34.5 Å². The number of carbonyl (C=O) groups excluding carboxylic acids is 1. The molecule has 3 heterocycles. The van der Waals surface area contributed by atoms with E-state index in [0.29, 0.717) is 0 Å². The third-order valence-corrected chi connectivity index (χ3v) is 7.10. The van der Waals surface area contributed by atoms with E-state index in [2.05, 4.69) is 44.8 Å². The first-order valence-corrected chi connectivity index (χ1v) is 12.4. The van der Waals surface area contributed by atoms with Crippen molar-refractivity contribution < 1.29 is 9.18 Å². The molecule has 0 radical (unpaired) electrons. The van der Waals surface area contributed by atoms with E-state index in [9.17, 15) is 9.18 Å². The summed E-state index contributed by atoms with van der Waals surface area (Å²) in [5, 5.41) is 0. The van der Waals surface area contributed by atoms with Gasteiger partial charge in [0.15, 0.2) is 0 Å². The summed E-state index contributed by atoms with van der Waals surface area (Å²) < 4.78 is 15.4. The fourth-order valence-corrected chi connectivity index (χ4v) is 5.20. The molecule has 178 valence electrons. The Hall–Kier alpha value is -3.12. The van der Waals surface area contributed by atoms with Crippen molar-refractivity contribution in [3.05, 3.63) is 89.5 Å². The summed E-state index contributed by atoms with van der Waals surface area (Å²) >= 11 is 0. The number of benzene rings is 2. The Labute approximate surface area is 201 Å². The van der Waals surface area contributed by atoms with E-state index >= 15 is 0 Å². The lowest BCUT2D eigenvalue weighted by Gasteiger charge is -2.36. The highest BCUT2D eigenvalue weighted by molar-refractivity contribution is 5.95. The van der Waals surface area contributed by atoms with Gasteiger partial charge in [0, 0.05) is 63.4 Å². The van der Waals surface area contributed by atoms with Crippen molar-refractivity contribution in [2.24, 2.45) is 0 Å². The second kappa shape index (κ2) is 10.4. The maximum Gasteiger partial charge on any atom is 0.255 e. The van der Waals surface area contributed by atoms with Crippen LogP contribution in [0.15, 0.2) is 66.9 Å². The van der Waals surface area contributed by atoms with Crippen molar-refractivity contribution in [3.8, 4) is 0 Å². The smallest absolute Gasteiger partial charge is 0.255 e. The van der Waals surface area contributed by atoms with Gasteiger partial charge in [0.25, 0.3) is 5.91 Å². The summed E-state index contributed by atoms with van der Waals surface area (Å²) in [5.74, 6) is -0.00855. The normalized spacial score (nSPS) is 17.0. The molecule has 34 heavy (non-hydrogen) atoms. The topological polar surface area (TPSA) is 31.7 Å². The first kappa shape index (κ1) is 22.7. The van der Waals surface area contributed by atoms with Gasteiger partial charge >= 0.3 is 0 Å². The number of fused-ring (bicyclic) bond motifs is 1. The molecule has 2 aromatic carbocycles. The second-order valence-corrected chi connectivity index (χ2v) is 9.34. The molecule has 0 spiro atoms. The molecule has 2 aliphatic heterocycles. The SMILES string of the molecule is O=C1c2ccn(Cc3ccccc3)c2CCCN1CCCN1CCN(c2ccc(F)cc2)CC1. The van der Waals surface area contributed by atoms with E-state index in [4.69, 9.17) is 0 Å². The van der Waals surface area contributed by atoms with Gasteiger partial charge in [-0.25, -0.2) is 4.39 Å². The van der Waals surface area contributed by atoms with Crippen LogP contribution in [-0.4, -0.2) is 66.1 Å². The molecule has 0 atom stereocenters. The van der Waals surface area contributed by atoms with Gasteiger partial charge in [-0.1, -0.05) is 30.3 Å². The number of anilines is 1. The third-order valence-electron chi connectivity index (χ3n) is 7.10. The molecule has 0 bridgehead atoms. The lowest BCUT2D eigenvalue weighted by atomic mass is 10.1. The van der Waals surface area contributed by atoms with Gasteiger partial charge in [-0.3, -0.25) is 9.69 Å². The van der Waals surface area contributed by atoms with E-state index in [0.717, 1.165) is 82.9 Å². The maximum absolute atomic E-state index is 13.3. The van der Waals surface area contributed by atoms with E-state index < -0.39 is 0 Å². The molecular weight excluding hydrogens is 427 g/mol. The van der Waals surface area contributed by atoms with Gasteiger partial charge in [0.05, 0.1) is 5.56 Å². The molecule has 0 saturated carbocycles. The lowest BCUT2D eigenvalue weighted by molar-refractivity contribution is 0.0752. The number of hydrogen-bond acceptors (Lipinski definition) is 3. The molecule has 0 unspecified atom stereocenters. The van der Waals surface area contributed by atoms with Crippen molar-refractivity contribution in [1.82, 2.24) is 14.4 Å². The van der Waals surface area contributed by atoms with Crippen molar-refractivity contribution in [2.45, 2.75) is 25.8 Å². The zero-order valence-electron chi connectivity index (χ0n) is 19.7. The molecule has 0 N–H and O–H groups in total. The summed E-state index contributed by atoms with van der Waals surface area (Å²) in [6, 6.07) is 19.2. The Kier molecular flexibility index (Phi) is 6.95. The monoisotopic (exact) mass is 460 g/mol. The van der Waals surface area contributed by atoms with Gasteiger partial charge in [0.2, 0.25) is 0 Å². The minimum atomic E-state index is -0.190. The van der Waals surface area contributed by atoms with Crippen LogP contribution in [-0.2, 0) is 13.0 Å². The van der Waals surface area contributed by atoms with Gasteiger partial charge in [-0.2, -0.15) is 0 Å². The van der Waals surface area contributed by atoms with E-state index in [1.165, 1.54) is 23.4 Å². The Morgan fingerprint density at radius 1 is 0.824 bits per heavy atom. The van der Waals surface area contributed by atoms with Crippen LogP contribution in [0.4, 0.5) is 10.1 Å². The quantitative estimate of drug-likeness (QED) is 0.528. The number of rotatable bonds is 7. The van der Waals surface area contributed by atoms with Crippen LogP contribution in [0.5, 0.6) is 0 Å². The number of amides is 1. The molecule has 5 rings (SSSR count).